The van der Waals surface area contributed by atoms with Gasteiger partial charge in [0.05, 0.1) is 11.8 Å². The summed E-state index contributed by atoms with van der Waals surface area (Å²) in [7, 11) is 0. The number of halogens is 2. The maximum Gasteiger partial charge on any atom is 0.156 e. The van der Waals surface area contributed by atoms with Gasteiger partial charge in [-0.2, -0.15) is 5.26 Å². The summed E-state index contributed by atoms with van der Waals surface area (Å²) in [5, 5.41) is 8.17. The van der Waals surface area contributed by atoms with E-state index in [4.69, 9.17) is 11.0 Å². The van der Waals surface area contributed by atoms with Crippen molar-refractivity contribution in [2.24, 2.45) is 0 Å². The topological polar surface area (TPSA) is 49.8 Å². The van der Waals surface area contributed by atoms with E-state index in [1.165, 1.54) is 0 Å². The zero-order valence-corrected chi connectivity index (χ0v) is 6.59. The fourth-order valence-electron chi connectivity index (χ4n) is 0.860. The highest BCUT2D eigenvalue weighted by Gasteiger charge is 2.08. The van der Waals surface area contributed by atoms with E-state index in [1.54, 1.807) is 6.07 Å². The second kappa shape index (κ2) is 3.68. The van der Waals surface area contributed by atoms with Crippen molar-refractivity contribution < 1.29 is 8.78 Å². The molecule has 1 aromatic rings. The summed E-state index contributed by atoms with van der Waals surface area (Å²) in [5.41, 5.74) is 4.77. The van der Waals surface area contributed by atoms with Crippen LogP contribution in [0.3, 0.4) is 0 Å². The van der Waals surface area contributed by atoms with E-state index in [2.05, 4.69) is 0 Å². The van der Waals surface area contributed by atoms with Crippen molar-refractivity contribution >= 4 is 11.8 Å². The molecule has 1 rings (SSSR count). The summed E-state index contributed by atoms with van der Waals surface area (Å²) in [6.07, 6.45) is 2.03. The van der Waals surface area contributed by atoms with Crippen molar-refractivity contribution in [1.82, 2.24) is 0 Å². The Hall–Kier alpha value is -1.89. The first kappa shape index (κ1) is 9.20. The average molecular weight is 180 g/mol. The highest BCUT2D eigenvalue weighted by molar-refractivity contribution is 5.59. The van der Waals surface area contributed by atoms with Crippen molar-refractivity contribution in [3.05, 3.63) is 35.4 Å². The van der Waals surface area contributed by atoms with E-state index in [0.29, 0.717) is 0 Å². The zero-order chi connectivity index (χ0) is 9.84. The second-order valence-corrected chi connectivity index (χ2v) is 2.33. The number of nitrogen functional groups attached to an aromatic ring is 1. The molecule has 1 aromatic carbocycles. The van der Waals surface area contributed by atoms with Crippen molar-refractivity contribution in [2.45, 2.75) is 0 Å². The largest absolute Gasteiger partial charge is 0.396 e. The number of hydrogen-bond acceptors (Lipinski definition) is 2. The minimum Gasteiger partial charge on any atom is -0.396 e. The van der Waals surface area contributed by atoms with E-state index in [0.717, 1.165) is 24.3 Å². The van der Waals surface area contributed by atoms with Crippen LogP contribution >= 0.6 is 0 Å². The number of nitrogens with zero attached hydrogens (tertiary/aromatic N) is 1. The van der Waals surface area contributed by atoms with Gasteiger partial charge in [0.2, 0.25) is 0 Å². The Kier molecular flexibility index (Phi) is 2.60. The third-order valence-electron chi connectivity index (χ3n) is 1.48. The van der Waals surface area contributed by atoms with Gasteiger partial charge in [0.25, 0.3) is 0 Å². The predicted octanol–water partition coefficient (Wildman–Crippen LogP) is 2.08. The highest BCUT2D eigenvalue weighted by Crippen LogP contribution is 2.19. The number of hydrogen-bond donors (Lipinski definition) is 1. The summed E-state index contributed by atoms with van der Waals surface area (Å²) in [4.78, 5) is 0. The van der Waals surface area contributed by atoms with Crippen molar-refractivity contribution in [2.75, 3.05) is 5.73 Å². The summed E-state index contributed by atoms with van der Waals surface area (Å²) in [6.45, 7) is 0. The SMILES string of the molecule is N#CC=Cc1c(F)ccc(N)c1F. The summed E-state index contributed by atoms with van der Waals surface area (Å²) < 4.78 is 26.0. The van der Waals surface area contributed by atoms with E-state index in [-0.39, 0.29) is 11.3 Å². The molecular weight excluding hydrogens is 174 g/mol. The molecule has 0 aliphatic heterocycles. The van der Waals surface area contributed by atoms with Crippen molar-refractivity contribution in [3.8, 4) is 6.07 Å². The molecule has 13 heavy (non-hydrogen) atoms. The molecule has 0 amide bonds. The minimum atomic E-state index is -0.841. The van der Waals surface area contributed by atoms with E-state index >= 15 is 0 Å². The van der Waals surface area contributed by atoms with Gasteiger partial charge in [-0.15, -0.1) is 0 Å². The van der Waals surface area contributed by atoms with Crippen LogP contribution in [0, 0.1) is 23.0 Å². The molecule has 0 saturated heterocycles. The predicted molar refractivity (Wildman–Crippen MR) is 45.4 cm³/mol. The number of nitriles is 1. The summed E-state index contributed by atoms with van der Waals surface area (Å²) >= 11 is 0. The maximum absolute atomic E-state index is 13.1. The molecule has 0 aromatic heterocycles. The first-order valence-corrected chi connectivity index (χ1v) is 3.46. The van der Waals surface area contributed by atoms with E-state index in [1.807, 2.05) is 0 Å². The van der Waals surface area contributed by atoms with Crippen LogP contribution in [0.1, 0.15) is 5.56 Å². The molecule has 4 heteroatoms. The van der Waals surface area contributed by atoms with E-state index < -0.39 is 11.6 Å². The van der Waals surface area contributed by atoms with Crippen LogP contribution in [0.15, 0.2) is 18.2 Å². The lowest BCUT2D eigenvalue weighted by atomic mass is 10.1. The highest BCUT2D eigenvalue weighted by atomic mass is 19.1. The van der Waals surface area contributed by atoms with Gasteiger partial charge in [0.1, 0.15) is 5.82 Å². The monoisotopic (exact) mass is 180 g/mol. The molecule has 0 aliphatic carbocycles. The molecule has 0 atom stereocenters. The fourth-order valence-corrected chi connectivity index (χ4v) is 0.860. The molecular formula is C9H6F2N2. The third-order valence-corrected chi connectivity index (χ3v) is 1.48. The first-order valence-electron chi connectivity index (χ1n) is 3.46. The van der Waals surface area contributed by atoms with Gasteiger partial charge >= 0.3 is 0 Å². The van der Waals surface area contributed by atoms with Gasteiger partial charge in [0.15, 0.2) is 5.82 Å². The molecule has 66 valence electrons. The molecule has 0 spiro atoms. The van der Waals surface area contributed by atoms with Crippen LogP contribution in [0.2, 0.25) is 0 Å². The van der Waals surface area contributed by atoms with E-state index in [9.17, 15) is 8.78 Å². The molecule has 0 unspecified atom stereocenters. The Morgan fingerprint density at radius 1 is 1.38 bits per heavy atom. The van der Waals surface area contributed by atoms with Crippen LogP contribution in [0.4, 0.5) is 14.5 Å². The lowest BCUT2D eigenvalue weighted by Gasteiger charge is -2.01. The van der Waals surface area contributed by atoms with Crippen LogP contribution in [0.5, 0.6) is 0 Å². The van der Waals surface area contributed by atoms with Gasteiger partial charge in [-0.1, -0.05) is 0 Å². The zero-order valence-electron chi connectivity index (χ0n) is 6.59. The smallest absolute Gasteiger partial charge is 0.156 e. The molecule has 0 heterocycles. The Morgan fingerprint density at radius 2 is 2.08 bits per heavy atom. The minimum absolute atomic E-state index is 0.140. The van der Waals surface area contributed by atoms with Crippen LogP contribution < -0.4 is 5.73 Å². The number of rotatable bonds is 1. The Labute approximate surface area is 73.9 Å². The van der Waals surface area contributed by atoms with Crippen LogP contribution in [0.25, 0.3) is 6.08 Å². The average Bonchev–Trinajstić information content (AvgIpc) is 2.12. The first-order chi connectivity index (χ1) is 6.16. The standard InChI is InChI=1S/C9H6F2N2/c10-7-3-4-8(13)9(11)6(7)2-1-5-12/h1-4H,13H2. The quantitative estimate of drug-likeness (QED) is 0.531. The Balaban J connectivity index is 3.27. The van der Waals surface area contributed by atoms with Gasteiger partial charge in [-0.05, 0) is 18.2 Å². The number of benzene rings is 1. The molecule has 2 nitrogen and oxygen atoms in total. The number of allylic oxidation sites excluding steroid dienone is 1. The summed E-state index contributed by atoms with van der Waals surface area (Å²) in [6, 6.07) is 3.82. The second-order valence-electron chi connectivity index (χ2n) is 2.33. The Morgan fingerprint density at radius 3 is 2.69 bits per heavy atom. The summed E-state index contributed by atoms with van der Waals surface area (Å²) in [5.74, 6) is -1.58. The Bertz CT molecular complexity index is 391. The molecule has 0 aliphatic rings. The molecule has 0 bridgehead atoms. The molecule has 2 N–H and O–H groups in total. The third kappa shape index (κ3) is 1.82. The van der Waals surface area contributed by atoms with Crippen molar-refractivity contribution in [1.29, 1.82) is 5.26 Å². The van der Waals surface area contributed by atoms with Crippen LogP contribution in [-0.2, 0) is 0 Å². The maximum atomic E-state index is 13.1. The fraction of sp³-hybridized carbons (Fsp3) is 0. The number of anilines is 1. The lowest BCUT2D eigenvalue weighted by Crippen LogP contribution is -1.95. The lowest BCUT2D eigenvalue weighted by molar-refractivity contribution is 0.582. The van der Waals surface area contributed by atoms with Gasteiger partial charge in [-0.3, -0.25) is 0 Å². The molecule has 0 fully saturated rings. The van der Waals surface area contributed by atoms with Gasteiger partial charge in [-0.25, -0.2) is 8.78 Å². The normalized spacial score (nSPS) is 10.2. The van der Waals surface area contributed by atoms with Gasteiger partial charge < -0.3 is 5.73 Å². The van der Waals surface area contributed by atoms with Crippen LogP contribution in [-0.4, -0.2) is 0 Å². The van der Waals surface area contributed by atoms with Crippen molar-refractivity contribution in [3.63, 3.8) is 0 Å². The molecule has 0 saturated carbocycles. The number of nitrogens with two attached hydrogens (primary N) is 1. The molecule has 0 radical (unpaired) electrons. The van der Waals surface area contributed by atoms with Gasteiger partial charge in [0, 0.05) is 11.6 Å².